The SMILES string of the molecule is COC(=O)[C@@H]1CC[C@H](Oc2cc(-c3nc(C(F)(F)F)cs3)nc3c(C)c(CO)ccc23)C[C@H]1C(=O)OCc1ccccc1. The van der Waals surface area contributed by atoms with E-state index in [4.69, 9.17) is 14.2 Å². The number of halogens is 3. The normalized spacial score (nSPS) is 18.8. The highest BCUT2D eigenvalue weighted by Crippen LogP contribution is 2.40. The van der Waals surface area contributed by atoms with Crippen molar-refractivity contribution >= 4 is 34.2 Å². The van der Waals surface area contributed by atoms with Crippen LogP contribution < -0.4 is 4.74 Å². The van der Waals surface area contributed by atoms with E-state index in [1.165, 1.54) is 13.2 Å². The number of benzene rings is 2. The summed E-state index contributed by atoms with van der Waals surface area (Å²) in [7, 11) is 1.27. The van der Waals surface area contributed by atoms with Crippen LogP contribution in [0.2, 0.25) is 0 Å². The number of fused-ring (bicyclic) bond motifs is 1. The lowest BCUT2D eigenvalue weighted by atomic mass is 9.77. The van der Waals surface area contributed by atoms with Gasteiger partial charge in [-0.1, -0.05) is 36.4 Å². The van der Waals surface area contributed by atoms with Gasteiger partial charge in [0.1, 0.15) is 23.1 Å². The predicted octanol–water partition coefficient (Wildman–Crippen LogP) is 6.26. The molecule has 0 unspecified atom stereocenters. The number of aryl methyl sites for hydroxylation is 1. The van der Waals surface area contributed by atoms with Gasteiger partial charge in [-0.3, -0.25) is 9.59 Å². The summed E-state index contributed by atoms with van der Waals surface area (Å²) in [6.45, 7) is 1.57. The molecular weight excluding hydrogens is 585 g/mol. The largest absolute Gasteiger partial charge is 0.490 e. The van der Waals surface area contributed by atoms with E-state index < -0.39 is 41.7 Å². The Kier molecular flexibility index (Phi) is 8.97. The molecule has 0 spiro atoms. The zero-order valence-electron chi connectivity index (χ0n) is 23.4. The van der Waals surface area contributed by atoms with E-state index in [-0.39, 0.29) is 30.3 Å². The molecule has 2 aromatic carbocycles. The molecule has 1 fully saturated rings. The van der Waals surface area contributed by atoms with Crippen molar-refractivity contribution in [1.29, 1.82) is 0 Å². The van der Waals surface area contributed by atoms with E-state index in [0.717, 1.165) is 22.3 Å². The van der Waals surface area contributed by atoms with Crippen molar-refractivity contribution in [3.63, 3.8) is 0 Å². The predicted molar refractivity (Wildman–Crippen MR) is 152 cm³/mol. The number of hydrogen-bond donors (Lipinski definition) is 1. The van der Waals surface area contributed by atoms with Crippen LogP contribution in [0.1, 0.15) is 41.6 Å². The molecule has 2 heterocycles. The Morgan fingerprint density at radius 3 is 2.49 bits per heavy atom. The van der Waals surface area contributed by atoms with Crippen molar-refractivity contribution in [1.82, 2.24) is 9.97 Å². The fourth-order valence-corrected chi connectivity index (χ4v) is 6.07. The minimum Gasteiger partial charge on any atom is -0.490 e. The number of hydrogen-bond acceptors (Lipinski definition) is 9. The zero-order valence-corrected chi connectivity index (χ0v) is 24.2. The third kappa shape index (κ3) is 6.65. The first kappa shape index (κ1) is 30.4. The first-order valence-electron chi connectivity index (χ1n) is 13.6. The Balaban J connectivity index is 1.46. The van der Waals surface area contributed by atoms with Gasteiger partial charge in [0.15, 0.2) is 5.69 Å². The Morgan fingerprint density at radius 2 is 1.81 bits per heavy atom. The number of aliphatic hydroxyl groups is 1. The van der Waals surface area contributed by atoms with E-state index in [9.17, 15) is 27.9 Å². The van der Waals surface area contributed by atoms with Crippen molar-refractivity contribution < 1.29 is 42.1 Å². The van der Waals surface area contributed by atoms with E-state index in [2.05, 4.69) is 9.97 Å². The van der Waals surface area contributed by atoms with Crippen LogP contribution in [0.3, 0.4) is 0 Å². The van der Waals surface area contributed by atoms with Crippen molar-refractivity contribution in [2.24, 2.45) is 11.8 Å². The summed E-state index contributed by atoms with van der Waals surface area (Å²) < 4.78 is 56.8. The van der Waals surface area contributed by atoms with E-state index in [1.54, 1.807) is 19.1 Å². The van der Waals surface area contributed by atoms with Crippen molar-refractivity contribution in [2.75, 3.05) is 7.11 Å². The maximum Gasteiger partial charge on any atom is 0.434 e. The van der Waals surface area contributed by atoms with Crippen LogP contribution in [0.4, 0.5) is 13.2 Å². The van der Waals surface area contributed by atoms with Gasteiger partial charge in [-0.05, 0) is 48.9 Å². The Bertz CT molecular complexity index is 1630. The minimum atomic E-state index is -4.60. The highest BCUT2D eigenvalue weighted by Gasteiger charge is 2.42. The Morgan fingerprint density at radius 1 is 1.05 bits per heavy atom. The molecule has 2 aromatic heterocycles. The second-order valence-electron chi connectivity index (χ2n) is 10.3. The summed E-state index contributed by atoms with van der Waals surface area (Å²) in [6, 6.07) is 14.2. The first-order chi connectivity index (χ1) is 20.6. The highest BCUT2D eigenvalue weighted by atomic mass is 32.1. The minimum absolute atomic E-state index is 0.0497. The maximum absolute atomic E-state index is 13.3. The summed E-state index contributed by atoms with van der Waals surface area (Å²) in [5, 5.41) is 11.4. The number of carbonyl (C=O) groups is 2. The second kappa shape index (κ2) is 12.7. The van der Waals surface area contributed by atoms with E-state index in [0.29, 0.717) is 40.6 Å². The summed E-state index contributed by atoms with van der Waals surface area (Å²) in [5.74, 6) is -2.23. The smallest absolute Gasteiger partial charge is 0.434 e. The van der Waals surface area contributed by atoms with Gasteiger partial charge in [0.05, 0.1) is 37.2 Å². The third-order valence-corrected chi connectivity index (χ3v) is 8.48. The average Bonchev–Trinajstić information content (AvgIpc) is 3.52. The number of ether oxygens (including phenoxy) is 3. The second-order valence-corrected chi connectivity index (χ2v) is 11.2. The van der Waals surface area contributed by atoms with Gasteiger partial charge in [-0.25, -0.2) is 9.97 Å². The lowest BCUT2D eigenvalue weighted by Gasteiger charge is -2.33. The molecule has 1 aliphatic rings. The third-order valence-electron chi connectivity index (χ3n) is 7.62. The number of rotatable bonds is 8. The van der Waals surface area contributed by atoms with Gasteiger partial charge in [0.2, 0.25) is 0 Å². The summed E-state index contributed by atoms with van der Waals surface area (Å²) >= 11 is 0.811. The number of nitrogens with zero attached hydrogens (tertiary/aromatic N) is 2. The van der Waals surface area contributed by atoms with Crippen LogP contribution in [0.5, 0.6) is 5.75 Å². The zero-order chi connectivity index (χ0) is 30.7. The lowest BCUT2D eigenvalue weighted by Crippen LogP contribution is -2.40. The number of aromatic nitrogens is 2. The number of thiazole rings is 1. The molecule has 8 nitrogen and oxygen atoms in total. The van der Waals surface area contributed by atoms with Crippen LogP contribution in [0.15, 0.2) is 53.9 Å². The molecule has 226 valence electrons. The van der Waals surface area contributed by atoms with Crippen LogP contribution in [0.25, 0.3) is 21.6 Å². The molecule has 12 heteroatoms. The molecule has 0 aliphatic heterocycles. The van der Waals surface area contributed by atoms with E-state index in [1.807, 2.05) is 30.3 Å². The van der Waals surface area contributed by atoms with Gasteiger partial charge in [0, 0.05) is 16.8 Å². The fourth-order valence-electron chi connectivity index (χ4n) is 5.29. The molecule has 5 rings (SSSR count). The molecule has 0 amide bonds. The van der Waals surface area contributed by atoms with Crippen LogP contribution in [-0.4, -0.2) is 40.2 Å². The lowest BCUT2D eigenvalue weighted by molar-refractivity contribution is -0.163. The van der Waals surface area contributed by atoms with Gasteiger partial charge < -0.3 is 19.3 Å². The Hall–Kier alpha value is -4.03. The van der Waals surface area contributed by atoms with Crippen LogP contribution in [0, 0.1) is 18.8 Å². The fraction of sp³-hybridized carbons (Fsp3) is 0.355. The number of aliphatic hydroxyl groups excluding tert-OH is 1. The molecule has 1 saturated carbocycles. The standard InChI is InChI=1S/C31H29F3N2O6S/c1-17-19(14-37)8-10-22-25(13-24(35-27(17)22)28-36-26(16-43-28)31(32,33)34)42-20-9-11-21(29(38)40-2)23(12-20)30(39)41-15-18-6-4-3-5-7-18/h3-8,10,13,16,20-21,23,37H,9,11-12,14-15H2,1-2H3/t20-,21+,23+/m0/s1. The highest BCUT2D eigenvalue weighted by molar-refractivity contribution is 7.13. The summed E-state index contributed by atoms with van der Waals surface area (Å²) in [5.41, 5.74) is 1.68. The maximum atomic E-state index is 13.3. The van der Waals surface area contributed by atoms with Gasteiger partial charge in [-0.15, -0.1) is 11.3 Å². The monoisotopic (exact) mass is 614 g/mol. The number of esters is 2. The molecule has 0 saturated heterocycles. The molecule has 1 N–H and O–H groups in total. The average molecular weight is 615 g/mol. The van der Waals surface area contributed by atoms with E-state index >= 15 is 0 Å². The number of carbonyl (C=O) groups excluding carboxylic acids is 2. The molecule has 43 heavy (non-hydrogen) atoms. The molecule has 3 atom stereocenters. The van der Waals surface area contributed by atoms with Gasteiger partial charge >= 0.3 is 18.1 Å². The molecular formula is C31H29F3N2O6S. The van der Waals surface area contributed by atoms with Crippen molar-refractivity contribution in [3.8, 4) is 16.5 Å². The number of methoxy groups -OCH3 is 1. The van der Waals surface area contributed by atoms with Crippen LogP contribution >= 0.6 is 11.3 Å². The molecule has 4 aromatic rings. The van der Waals surface area contributed by atoms with Crippen molar-refractivity contribution in [2.45, 2.75) is 51.7 Å². The van der Waals surface area contributed by atoms with Gasteiger partial charge in [0.25, 0.3) is 0 Å². The van der Waals surface area contributed by atoms with Crippen molar-refractivity contribution in [3.05, 3.63) is 76.3 Å². The topological polar surface area (TPSA) is 108 Å². The Labute approximate surface area is 249 Å². The summed E-state index contributed by atoms with van der Waals surface area (Å²) in [6.07, 6.45) is -4.23. The molecule has 0 bridgehead atoms. The molecule has 1 aliphatic carbocycles. The number of pyridine rings is 1. The molecule has 0 radical (unpaired) electrons. The first-order valence-corrected chi connectivity index (χ1v) is 14.5. The van der Waals surface area contributed by atoms with Crippen LogP contribution in [-0.2, 0) is 38.5 Å². The van der Waals surface area contributed by atoms with Gasteiger partial charge in [-0.2, -0.15) is 13.2 Å². The number of alkyl halides is 3. The summed E-state index contributed by atoms with van der Waals surface area (Å²) in [4.78, 5) is 34.2. The quantitative estimate of drug-likeness (QED) is 0.232.